The second-order valence-corrected chi connectivity index (χ2v) is 10.5. The zero-order valence-corrected chi connectivity index (χ0v) is 18.0. The van der Waals surface area contributed by atoms with Gasteiger partial charge in [-0.05, 0) is 61.4 Å². The van der Waals surface area contributed by atoms with Crippen molar-refractivity contribution >= 4 is 21.6 Å². The molecule has 3 atom stereocenters. The highest BCUT2D eigenvalue weighted by Gasteiger charge is 2.36. The van der Waals surface area contributed by atoms with Crippen LogP contribution in [0.25, 0.3) is 0 Å². The average molecular weight is 413 g/mol. The summed E-state index contributed by atoms with van der Waals surface area (Å²) in [6, 6.07) is 14.0. The van der Waals surface area contributed by atoms with Crippen molar-refractivity contribution < 1.29 is 13.2 Å². The zero-order valence-electron chi connectivity index (χ0n) is 17.2. The van der Waals surface area contributed by atoms with Crippen molar-refractivity contribution in [1.82, 2.24) is 4.90 Å². The molecular weight excluding hydrogens is 384 g/mol. The van der Waals surface area contributed by atoms with Gasteiger partial charge in [0.15, 0.2) is 0 Å². The second-order valence-electron chi connectivity index (χ2n) is 8.67. The normalized spacial score (nSPS) is 24.4. The number of carbonyl (C=O) groups excluding carboxylic acids is 1. The molecule has 1 fully saturated rings. The van der Waals surface area contributed by atoms with E-state index in [9.17, 15) is 13.2 Å². The Morgan fingerprint density at radius 1 is 0.966 bits per heavy atom. The highest BCUT2D eigenvalue weighted by molar-refractivity contribution is 7.92. The fourth-order valence-corrected chi connectivity index (χ4v) is 6.56. The van der Waals surface area contributed by atoms with E-state index in [1.807, 2.05) is 36.1 Å². The molecule has 0 radical (unpaired) electrons. The highest BCUT2D eigenvalue weighted by atomic mass is 32.2. The molecule has 154 valence electrons. The summed E-state index contributed by atoms with van der Waals surface area (Å²) in [4.78, 5) is 15.1. The van der Waals surface area contributed by atoms with Crippen LogP contribution in [0.5, 0.6) is 0 Å². The lowest BCUT2D eigenvalue weighted by atomic mass is 9.91. The van der Waals surface area contributed by atoms with Crippen LogP contribution < -0.4 is 4.31 Å². The maximum Gasteiger partial charge on any atom is 0.264 e. The van der Waals surface area contributed by atoms with Crippen LogP contribution in [-0.2, 0) is 16.4 Å². The Bertz CT molecular complexity index is 1020. The molecule has 0 unspecified atom stereocenters. The third-order valence-corrected chi connectivity index (χ3v) is 7.86. The number of likely N-dealkylation sites (tertiary alicyclic amines) is 1. The molecule has 0 aromatic heterocycles. The van der Waals surface area contributed by atoms with Crippen LogP contribution in [-0.4, -0.2) is 38.4 Å². The smallest absolute Gasteiger partial charge is 0.264 e. The van der Waals surface area contributed by atoms with Gasteiger partial charge in [-0.25, -0.2) is 8.42 Å². The highest BCUT2D eigenvalue weighted by Crippen LogP contribution is 2.36. The first-order chi connectivity index (χ1) is 13.8. The van der Waals surface area contributed by atoms with Gasteiger partial charge in [0.2, 0.25) is 0 Å². The molecule has 1 saturated heterocycles. The van der Waals surface area contributed by atoms with E-state index in [4.69, 9.17) is 0 Å². The van der Waals surface area contributed by atoms with Crippen molar-refractivity contribution in [1.29, 1.82) is 0 Å². The number of hydrogen-bond donors (Lipinski definition) is 0. The second kappa shape index (κ2) is 7.48. The van der Waals surface area contributed by atoms with Gasteiger partial charge in [-0.2, -0.15) is 0 Å². The van der Waals surface area contributed by atoms with E-state index >= 15 is 0 Å². The summed E-state index contributed by atoms with van der Waals surface area (Å²) >= 11 is 0. The van der Waals surface area contributed by atoms with E-state index in [0.29, 0.717) is 23.8 Å². The number of anilines is 1. The van der Waals surface area contributed by atoms with Crippen LogP contribution in [0.4, 0.5) is 5.69 Å². The predicted octanol–water partition coefficient (Wildman–Crippen LogP) is 3.94. The summed E-state index contributed by atoms with van der Waals surface area (Å²) in [7, 11) is -3.75. The maximum absolute atomic E-state index is 13.5. The van der Waals surface area contributed by atoms with Gasteiger partial charge in [0.25, 0.3) is 15.9 Å². The molecule has 4 rings (SSSR count). The number of amides is 1. The Labute approximate surface area is 173 Å². The first-order valence-corrected chi connectivity index (χ1v) is 11.7. The number of carbonyl (C=O) groups is 1. The summed E-state index contributed by atoms with van der Waals surface area (Å²) in [5.41, 5.74) is 2.20. The third kappa shape index (κ3) is 3.66. The van der Waals surface area contributed by atoms with Crippen molar-refractivity contribution in [2.24, 2.45) is 11.8 Å². The molecule has 29 heavy (non-hydrogen) atoms. The molecule has 0 N–H and O–H groups in total. The minimum atomic E-state index is -3.75. The molecule has 0 bridgehead atoms. The Balaban J connectivity index is 1.66. The van der Waals surface area contributed by atoms with E-state index in [1.54, 1.807) is 18.2 Å². The van der Waals surface area contributed by atoms with Gasteiger partial charge in [0, 0.05) is 24.7 Å². The van der Waals surface area contributed by atoms with E-state index in [1.165, 1.54) is 10.4 Å². The predicted molar refractivity (Wildman–Crippen MR) is 115 cm³/mol. The van der Waals surface area contributed by atoms with Crippen LogP contribution in [0.2, 0.25) is 0 Å². The molecule has 0 aliphatic carbocycles. The lowest BCUT2D eigenvalue weighted by Gasteiger charge is -2.35. The van der Waals surface area contributed by atoms with E-state index in [-0.39, 0.29) is 16.8 Å². The number of piperidine rings is 1. The molecule has 6 heteroatoms. The van der Waals surface area contributed by atoms with Crippen LogP contribution in [0.3, 0.4) is 0 Å². The summed E-state index contributed by atoms with van der Waals surface area (Å²) < 4.78 is 28.4. The van der Waals surface area contributed by atoms with E-state index < -0.39 is 10.0 Å². The van der Waals surface area contributed by atoms with Crippen molar-refractivity contribution in [3.63, 3.8) is 0 Å². The minimum absolute atomic E-state index is 0.0877. The van der Waals surface area contributed by atoms with Crippen molar-refractivity contribution in [3.8, 4) is 0 Å². The fourth-order valence-electron chi connectivity index (χ4n) is 4.82. The van der Waals surface area contributed by atoms with E-state index in [2.05, 4.69) is 13.8 Å². The van der Waals surface area contributed by atoms with Gasteiger partial charge in [-0.3, -0.25) is 9.10 Å². The van der Waals surface area contributed by atoms with Crippen molar-refractivity contribution in [2.45, 2.75) is 44.6 Å². The Hall–Kier alpha value is -2.34. The Morgan fingerprint density at radius 2 is 1.66 bits per heavy atom. The molecular formula is C23H28N2O3S. The molecule has 2 aromatic carbocycles. The summed E-state index contributed by atoms with van der Waals surface area (Å²) in [5.74, 6) is 0.823. The van der Waals surface area contributed by atoms with Gasteiger partial charge < -0.3 is 4.90 Å². The number of sulfonamides is 1. The maximum atomic E-state index is 13.5. The van der Waals surface area contributed by atoms with Gasteiger partial charge in [-0.1, -0.05) is 38.1 Å². The first-order valence-electron chi connectivity index (χ1n) is 10.3. The van der Waals surface area contributed by atoms with Crippen LogP contribution in [0, 0.1) is 11.8 Å². The monoisotopic (exact) mass is 412 g/mol. The summed E-state index contributed by atoms with van der Waals surface area (Å²) in [5, 5.41) is 0. The van der Waals surface area contributed by atoms with E-state index in [0.717, 1.165) is 30.8 Å². The lowest BCUT2D eigenvalue weighted by molar-refractivity contribution is 0.0623. The first kappa shape index (κ1) is 20.0. The standard InChI is InChI=1S/C23H28N2O3S/c1-16-11-17(2)15-24(14-16)23(26)20-8-6-9-21(13-20)29(27,28)25-18(3)12-19-7-4-5-10-22(19)25/h4-10,13,16-18H,11-12,14-15H2,1-3H3/t16-,17+,18-/m1/s1. The SMILES string of the molecule is C[C@@H]1C[C@H](C)CN(C(=O)c2cccc(S(=O)(=O)N3c4ccccc4C[C@H]3C)c2)C1. The average Bonchev–Trinajstić information content (AvgIpc) is 3.03. The molecule has 2 heterocycles. The number of nitrogens with zero attached hydrogens (tertiary/aromatic N) is 2. The van der Waals surface area contributed by atoms with Crippen molar-refractivity contribution in [2.75, 3.05) is 17.4 Å². The molecule has 2 aliphatic rings. The topological polar surface area (TPSA) is 57.7 Å². The minimum Gasteiger partial charge on any atom is -0.338 e. The molecule has 2 aliphatic heterocycles. The summed E-state index contributed by atoms with van der Waals surface area (Å²) in [6.07, 6.45) is 1.81. The zero-order chi connectivity index (χ0) is 20.8. The number of benzene rings is 2. The summed E-state index contributed by atoms with van der Waals surface area (Å²) in [6.45, 7) is 7.67. The molecule has 1 amide bonds. The number of hydrogen-bond acceptors (Lipinski definition) is 3. The molecule has 0 saturated carbocycles. The third-order valence-electron chi connectivity index (χ3n) is 5.94. The molecule has 0 spiro atoms. The van der Waals surface area contributed by atoms with Crippen LogP contribution >= 0.6 is 0 Å². The lowest BCUT2D eigenvalue weighted by Crippen LogP contribution is -2.42. The Morgan fingerprint density at radius 3 is 2.38 bits per heavy atom. The van der Waals surface area contributed by atoms with Gasteiger partial charge in [0.05, 0.1) is 10.6 Å². The Kier molecular flexibility index (Phi) is 5.15. The molecule has 5 nitrogen and oxygen atoms in total. The number of fused-ring (bicyclic) bond motifs is 1. The van der Waals surface area contributed by atoms with Gasteiger partial charge >= 0.3 is 0 Å². The quantitative estimate of drug-likeness (QED) is 0.767. The van der Waals surface area contributed by atoms with Crippen LogP contribution in [0.15, 0.2) is 53.4 Å². The molecule has 2 aromatic rings. The largest absolute Gasteiger partial charge is 0.338 e. The number of rotatable bonds is 3. The number of para-hydroxylation sites is 1. The van der Waals surface area contributed by atoms with Gasteiger partial charge in [0.1, 0.15) is 0 Å². The van der Waals surface area contributed by atoms with Crippen LogP contribution in [0.1, 0.15) is 43.1 Å². The fraction of sp³-hybridized carbons (Fsp3) is 0.435. The van der Waals surface area contributed by atoms with Crippen molar-refractivity contribution in [3.05, 3.63) is 59.7 Å². The van der Waals surface area contributed by atoms with Gasteiger partial charge in [-0.15, -0.1) is 0 Å².